The molecule has 0 atom stereocenters. The standard InChI is InChI=1S/C36H24O/c1-2-13-25(14-3-1)28-18-6-8-20-31(28)35-33-22-10-11-23-34(33)36(37-35)32-21-9-7-19-30(32)29-24-12-16-26-15-4-5-17-27(26)29/h1-24H. The van der Waals surface area contributed by atoms with Crippen LogP contribution in [-0.4, -0.2) is 0 Å². The van der Waals surface area contributed by atoms with Gasteiger partial charge in [0, 0.05) is 21.9 Å². The molecule has 0 unspecified atom stereocenters. The Bertz CT molecular complexity index is 1870. The summed E-state index contributed by atoms with van der Waals surface area (Å²) in [5.74, 6) is 1.80. The molecule has 1 heterocycles. The monoisotopic (exact) mass is 472 g/mol. The van der Waals surface area contributed by atoms with Crippen molar-refractivity contribution in [1.82, 2.24) is 0 Å². The lowest BCUT2D eigenvalue weighted by Crippen LogP contribution is -1.86. The summed E-state index contributed by atoms with van der Waals surface area (Å²) in [6, 6.07) is 51.2. The topological polar surface area (TPSA) is 13.1 Å². The molecule has 0 spiro atoms. The molecule has 7 rings (SSSR count). The van der Waals surface area contributed by atoms with E-state index in [1.165, 1.54) is 27.5 Å². The van der Waals surface area contributed by atoms with Crippen molar-refractivity contribution in [2.24, 2.45) is 0 Å². The Labute approximate surface area is 216 Å². The van der Waals surface area contributed by atoms with Crippen molar-refractivity contribution in [3.05, 3.63) is 146 Å². The Morgan fingerprint density at radius 1 is 0.297 bits per heavy atom. The van der Waals surface area contributed by atoms with Gasteiger partial charge in [0.15, 0.2) is 0 Å². The van der Waals surface area contributed by atoms with Crippen molar-refractivity contribution in [3.8, 4) is 44.9 Å². The SMILES string of the molecule is c1ccc(-c2ccccc2-c2oc(-c3ccccc3-c3cccc4ccccc34)c3ccccc23)cc1. The zero-order valence-corrected chi connectivity index (χ0v) is 20.3. The van der Waals surface area contributed by atoms with Crippen molar-refractivity contribution >= 4 is 21.5 Å². The van der Waals surface area contributed by atoms with Crippen LogP contribution in [0.2, 0.25) is 0 Å². The lowest BCUT2D eigenvalue weighted by atomic mass is 9.92. The highest BCUT2D eigenvalue weighted by Gasteiger charge is 2.21. The lowest BCUT2D eigenvalue weighted by Gasteiger charge is -2.12. The fraction of sp³-hybridized carbons (Fsp3) is 0. The number of hydrogen-bond acceptors (Lipinski definition) is 1. The average Bonchev–Trinajstić information content (AvgIpc) is 3.37. The van der Waals surface area contributed by atoms with Crippen LogP contribution in [0.15, 0.2) is 150 Å². The molecule has 0 aliphatic rings. The zero-order valence-electron chi connectivity index (χ0n) is 20.3. The molecule has 0 fully saturated rings. The van der Waals surface area contributed by atoms with Crippen LogP contribution in [0.25, 0.3) is 66.4 Å². The third-order valence-corrected chi connectivity index (χ3v) is 7.13. The third kappa shape index (κ3) is 3.64. The summed E-state index contributed by atoms with van der Waals surface area (Å²) in [6.45, 7) is 0. The van der Waals surface area contributed by atoms with Crippen LogP contribution in [-0.2, 0) is 0 Å². The summed E-state index contributed by atoms with van der Waals surface area (Å²) in [5, 5.41) is 4.71. The molecule has 0 amide bonds. The Balaban J connectivity index is 1.49. The molecule has 1 heteroatoms. The van der Waals surface area contributed by atoms with E-state index >= 15 is 0 Å². The molecule has 7 aromatic rings. The van der Waals surface area contributed by atoms with Gasteiger partial charge in [0.2, 0.25) is 0 Å². The van der Waals surface area contributed by atoms with Gasteiger partial charge in [-0.25, -0.2) is 0 Å². The van der Waals surface area contributed by atoms with Gasteiger partial charge in [0.1, 0.15) is 11.5 Å². The van der Waals surface area contributed by atoms with Gasteiger partial charge in [-0.05, 0) is 33.0 Å². The van der Waals surface area contributed by atoms with E-state index in [0.29, 0.717) is 0 Å². The van der Waals surface area contributed by atoms with Crippen molar-refractivity contribution < 1.29 is 4.42 Å². The summed E-state index contributed by atoms with van der Waals surface area (Å²) >= 11 is 0. The largest absolute Gasteiger partial charge is 0.455 e. The molecular formula is C36H24O. The van der Waals surface area contributed by atoms with Gasteiger partial charge < -0.3 is 4.42 Å². The maximum Gasteiger partial charge on any atom is 0.143 e. The number of hydrogen-bond donors (Lipinski definition) is 0. The van der Waals surface area contributed by atoms with Crippen LogP contribution in [0.4, 0.5) is 0 Å². The van der Waals surface area contributed by atoms with Crippen LogP contribution in [0.3, 0.4) is 0 Å². The summed E-state index contributed by atoms with van der Waals surface area (Å²) in [7, 11) is 0. The van der Waals surface area contributed by atoms with E-state index in [1.807, 2.05) is 0 Å². The van der Waals surface area contributed by atoms with Gasteiger partial charge in [0.05, 0.1) is 0 Å². The molecule has 37 heavy (non-hydrogen) atoms. The summed E-state index contributed by atoms with van der Waals surface area (Å²) in [5.41, 5.74) is 6.91. The van der Waals surface area contributed by atoms with Crippen LogP contribution >= 0.6 is 0 Å². The third-order valence-electron chi connectivity index (χ3n) is 7.13. The fourth-order valence-electron chi connectivity index (χ4n) is 5.42. The quantitative estimate of drug-likeness (QED) is 0.248. The average molecular weight is 473 g/mol. The molecular weight excluding hydrogens is 448 g/mol. The van der Waals surface area contributed by atoms with Gasteiger partial charge >= 0.3 is 0 Å². The maximum atomic E-state index is 6.87. The van der Waals surface area contributed by atoms with E-state index in [2.05, 4.69) is 146 Å². The van der Waals surface area contributed by atoms with Gasteiger partial charge in [-0.2, -0.15) is 0 Å². The second-order valence-electron chi connectivity index (χ2n) is 9.29. The molecule has 0 saturated carbocycles. The lowest BCUT2D eigenvalue weighted by molar-refractivity contribution is 0.602. The molecule has 0 N–H and O–H groups in total. The van der Waals surface area contributed by atoms with Crippen molar-refractivity contribution in [2.45, 2.75) is 0 Å². The van der Waals surface area contributed by atoms with Gasteiger partial charge in [-0.1, -0.05) is 146 Å². The second kappa shape index (κ2) is 8.96. The number of furan rings is 1. The molecule has 0 aliphatic heterocycles. The Kier molecular flexibility index (Phi) is 5.19. The van der Waals surface area contributed by atoms with Crippen molar-refractivity contribution in [3.63, 3.8) is 0 Å². The normalized spacial score (nSPS) is 11.2. The summed E-state index contributed by atoms with van der Waals surface area (Å²) < 4.78 is 6.87. The van der Waals surface area contributed by atoms with E-state index in [1.54, 1.807) is 0 Å². The first-order valence-corrected chi connectivity index (χ1v) is 12.6. The molecule has 1 aromatic heterocycles. The Morgan fingerprint density at radius 3 is 1.46 bits per heavy atom. The van der Waals surface area contributed by atoms with Gasteiger partial charge in [0.25, 0.3) is 0 Å². The van der Waals surface area contributed by atoms with E-state index in [0.717, 1.165) is 39.0 Å². The Hall–Kier alpha value is -4.88. The summed E-state index contributed by atoms with van der Waals surface area (Å²) in [6.07, 6.45) is 0. The molecule has 1 nitrogen and oxygen atoms in total. The molecule has 0 bridgehead atoms. The van der Waals surface area contributed by atoms with E-state index < -0.39 is 0 Å². The first-order valence-electron chi connectivity index (χ1n) is 12.6. The first kappa shape index (κ1) is 21.4. The fourth-order valence-corrected chi connectivity index (χ4v) is 5.42. The highest BCUT2D eigenvalue weighted by Crippen LogP contribution is 2.45. The smallest absolute Gasteiger partial charge is 0.143 e. The molecule has 174 valence electrons. The minimum atomic E-state index is 0.900. The molecule has 0 radical (unpaired) electrons. The number of benzene rings is 6. The molecule has 0 aliphatic carbocycles. The summed E-state index contributed by atoms with van der Waals surface area (Å²) in [4.78, 5) is 0. The number of rotatable bonds is 4. The van der Waals surface area contributed by atoms with Gasteiger partial charge in [-0.3, -0.25) is 0 Å². The minimum absolute atomic E-state index is 0.900. The van der Waals surface area contributed by atoms with Crippen LogP contribution in [0.5, 0.6) is 0 Å². The van der Waals surface area contributed by atoms with Crippen molar-refractivity contribution in [2.75, 3.05) is 0 Å². The Morgan fingerprint density at radius 2 is 0.757 bits per heavy atom. The van der Waals surface area contributed by atoms with Crippen LogP contribution in [0, 0.1) is 0 Å². The second-order valence-corrected chi connectivity index (χ2v) is 9.29. The van der Waals surface area contributed by atoms with Crippen molar-refractivity contribution in [1.29, 1.82) is 0 Å². The number of fused-ring (bicyclic) bond motifs is 2. The highest BCUT2D eigenvalue weighted by atomic mass is 16.3. The highest BCUT2D eigenvalue weighted by molar-refractivity contribution is 6.08. The zero-order chi connectivity index (χ0) is 24.6. The van der Waals surface area contributed by atoms with E-state index in [4.69, 9.17) is 4.42 Å². The molecule has 0 saturated heterocycles. The predicted molar refractivity (Wildman–Crippen MR) is 155 cm³/mol. The first-order chi connectivity index (χ1) is 18.4. The van der Waals surface area contributed by atoms with Crippen LogP contribution < -0.4 is 0 Å². The predicted octanol–water partition coefficient (Wildman–Crippen LogP) is 10.3. The minimum Gasteiger partial charge on any atom is -0.455 e. The van der Waals surface area contributed by atoms with E-state index in [-0.39, 0.29) is 0 Å². The van der Waals surface area contributed by atoms with Gasteiger partial charge in [-0.15, -0.1) is 0 Å². The van der Waals surface area contributed by atoms with E-state index in [9.17, 15) is 0 Å². The maximum absolute atomic E-state index is 6.87. The van der Waals surface area contributed by atoms with Crippen LogP contribution in [0.1, 0.15) is 0 Å². The molecule has 6 aromatic carbocycles.